The van der Waals surface area contributed by atoms with Gasteiger partial charge in [-0.3, -0.25) is 4.79 Å². The summed E-state index contributed by atoms with van der Waals surface area (Å²) in [7, 11) is 1.53. The van der Waals surface area contributed by atoms with Gasteiger partial charge in [0, 0.05) is 28.8 Å². The number of nitrogens with one attached hydrogen (secondary N) is 1. The Morgan fingerprint density at radius 1 is 1.09 bits per heavy atom. The summed E-state index contributed by atoms with van der Waals surface area (Å²) >= 11 is 0. The minimum Gasteiger partial charge on any atom is -0.496 e. The summed E-state index contributed by atoms with van der Waals surface area (Å²) in [4.78, 5) is 24.0. The Balaban J connectivity index is 2.01. The fraction of sp³-hybridized carbons (Fsp3) is 0.407. The summed E-state index contributed by atoms with van der Waals surface area (Å²) in [5.41, 5.74) is 3.62. The molecule has 2 rings (SSSR count). The van der Waals surface area contributed by atoms with E-state index in [-0.39, 0.29) is 5.91 Å². The lowest BCUT2D eigenvalue weighted by Crippen LogP contribution is -2.31. The van der Waals surface area contributed by atoms with Crippen LogP contribution in [-0.2, 0) is 9.59 Å². The largest absolute Gasteiger partial charge is 0.496 e. The number of carboxylic acids is 1. The van der Waals surface area contributed by atoms with Crippen molar-refractivity contribution in [2.45, 2.75) is 53.9 Å². The second-order valence-corrected chi connectivity index (χ2v) is 8.84. The fourth-order valence-electron chi connectivity index (χ4n) is 3.53. The van der Waals surface area contributed by atoms with Crippen LogP contribution in [0.25, 0.3) is 5.57 Å². The normalized spacial score (nSPS) is 11.8. The molecule has 0 saturated carbocycles. The Morgan fingerprint density at radius 2 is 1.82 bits per heavy atom. The van der Waals surface area contributed by atoms with Crippen molar-refractivity contribution in [3.63, 3.8) is 0 Å². The maximum absolute atomic E-state index is 12.9. The van der Waals surface area contributed by atoms with Crippen molar-refractivity contribution in [1.82, 2.24) is 0 Å². The summed E-state index contributed by atoms with van der Waals surface area (Å²) in [6, 6.07) is 11.4. The van der Waals surface area contributed by atoms with Crippen LogP contribution in [0, 0.1) is 19.3 Å². The highest BCUT2D eigenvalue weighted by Gasteiger charge is 2.27. The standard InChI is InChI=1S/C27H35NO5/c1-7-20(16-25(29)30)22-12-11-21(17-24(22)32-6)28-26(31)27(4,5)13-8-14-33-23-15-18(2)9-10-19(23)3/h9-12,15-17H,7-8,13-14H2,1-6H3,(H,28,31)(H,29,30). The van der Waals surface area contributed by atoms with E-state index in [9.17, 15) is 9.59 Å². The van der Waals surface area contributed by atoms with Crippen LogP contribution in [-0.4, -0.2) is 30.7 Å². The molecule has 0 atom stereocenters. The van der Waals surface area contributed by atoms with Crippen LogP contribution in [0.2, 0.25) is 0 Å². The molecule has 2 N–H and O–H groups in total. The summed E-state index contributed by atoms with van der Waals surface area (Å²) < 4.78 is 11.4. The van der Waals surface area contributed by atoms with Gasteiger partial charge in [-0.1, -0.05) is 32.9 Å². The van der Waals surface area contributed by atoms with Gasteiger partial charge in [0.05, 0.1) is 13.7 Å². The molecule has 0 bridgehead atoms. The van der Waals surface area contributed by atoms with Gasteiger partial charge in [-0.2, -0.15) is 0 Å². The smallest absolute Gasteiger partial charge is 0.328 e. The predicted octanol–water partition coefficient (Wildman–Crippen LogP) is 6.01. The zero-order valence-corrected chi connectivity index (χ0v) is 20.5. The van der Waals surface area contributed by atoms with E-state index in [0.717, 1.165) is 23.3 Å². The van der Waals surface area contributed by atoms with Crippen LogP contribution in [0.5, 0.6) is 11.5 Å². The summed E-state index contributed by atoms with van der Waals surface area (Å²) in [5, 5.41) is 12.1. The first-order valence-electron chi connectivity index (χ1n) is 11.2. The van der Waals surface area contributed by atoms with E-state index in [0.29, 0.717) is 42.0 Å². The molecule has 0 aromatic heterocycles. The van der Waals surface area contributed by atoms with Crippen LogP contribution in [0.4, 0.5) is 5.69 Å². The van der Waals surface area contributed by atoms with Gasteiger partial charge < -0.3 is 19.9 Å². The second kappa shape index (κ2) is 11.5. The number of carbonyl (C=O) groups is 2. The highest BCUT2D eigenvalue weighted by atomic mass is 16.5. The number of hydrogen-bond acceptors (Lipinski definition) is 4. The number of aliphatic carboxylic acids is 1. The number of hydrogen-bond donors (Lipinski definition) is 2. The zero-order chi connectivity index (χ0) is 24.6. The number of amides is 1. The van der Waals surface area contributed by atoms with Gasteiger partial charge in [-0.15, -0.1) is 0 Å². The minimum atomic E-state index is -1.01. The highest BCUT2D eigenvalue weighted by Crippen LogP contribution is 2.32. The van der Waals surface area contributed by atoms with Crippen LogP contribution < -0.4 is 14.8 Å². The van der Waals surface area contributed by atoms with E-state index in [1.807, 2.05) is 46.8 Å². The summed E-state index contributed by atoms with van der Waals surface area (Å²) in [6.07, 6.45) is 3.14. The number of aryl methyl sites for hydroxylation is 2. The number of ether oxygens (including phenoxy) is 2. The number of rotatable bonds is 11. The molecule has 0 aliphatic rings. The molecular weight excluding hydrogens is 418 g/mol. The molecule has 0 saturated heterocycles. The topological polar surface area (TPSA) is 84.9 Å². The number of carbonyl (C=O) groups excluding carboxylic acids is 1. The van der Waals surface area contributed by atoms with Gasteiger partial charge in [0.15, 0.2) is 0 Å². The Labute approximate surface area is 196 Å². The lowest BCUT2D eigenvalue weighted by molar-refractivity contribution is -0.131. The molecule has 2 aromatic carbocycles. The molecule has 0 unspecified atom stereocenters. The first-order chi connectivity index (χ1) is 15.6. The van der Waals surface area contributed by atoms with Crippen LogP contribution >= 0.6 is 0 Å². The Hall–Kier alpha value is -3.28. The van der Waals surface area contributed by atoms with Gasteiger partial charge in [0.25, 0.3) is 0 Å². The quantitative estimate of drug-likeness (QED) is 0.321. The van der Waals surface area contributed by atoms with Crippen molar-refractivity contribution in [3.8, 4) is 11.5 Å². The third-order valence-electron chi connectivity index (χ3n) is 5.65. The fourth-order valence-corrected chi connectivity index (χ4v) is 3.53. The molecule has 0 radical (unpaired) electrons. The number of methoxy groups -OCH3 is 1. The molecule has 0 aliphatic heterocycles. The number of benzene rings is 2. The number of anilines is 1. The number of allylic oxidation sites excluding steroid dienone is 1. The third-order valence-corrected chi connectivity index (χ3v) is 5.65. The maximum Gasteiger partial charge on any atom is 0.328 e. The van der Waals surface area contributed by atoms with Crippen molar-refractivity contribution in [3.05, 3.63) is 59.2 Å². The minimum absolute atomic E-state index is 0.0965. The number of carboxylic acid groups (broad SMARTS) is 1. The Bertz CT molecular complexity index is 1020. The third kappa shape index (κ3) is 7.38. The summed E-state index contributed by atoms with van der Waals surface area (Å²) in [5.74, 6) is 0.296. The Kier molecular flexibility index (Phi) is 9.09. The van der Waals surface area contributed by atoms with E-state index in [1.54, 1.807) is 18.2 Å². The van der Waals surface area contributed by atoms with E-state index in [4.69, 9.17) is 14.6 Å². The van der Waals surface area contributed by atoms with Gasteiger partial charge in [0.1, 0.15) is 11.5 Å². The van der Waals surface area contributed by atoms with Crippen LogP contribution in [0.15, 0.2) is 42.5 Å². The Morgan fingerprint density at radius 3 is 2.45 bits per heavy atom. The monoisotopic (exact) mass is 453 g/mol. The van der Waals surface area contributed by atoms with E-state index >= 15 is 0 Å². The van der Waals surface area contributed by atoms with Gasteiger partial charge >= 0.3 is 5.97 Å². The molecule has 0 heterocycles. The summed E-state index contributed by atoms with van der Waals surface area (Å²) in [6.45, 7) is 10.3. The molecule has 178 valence electrons. The lowest BCUT2D eigenvalue weighted by atomic mass is 9.86. The van der Waals surface area contributed by atoms with Crippen LogP contribution in [0.3, 0.4) is 0 Å². The van der Waals surface area contributed by atoms with E-state index < -0.39 is 11.4 Å². The van der Waals surface area contributed by atoms with Crippen molar-refractivity contribution in [2.24, 2.45) is 5.41 Å². The average Bonchev–Trinajstić information content (AvgIpc) is 2.77. The van der Waals surface area contributed by atoms with Crippen molar-refractivity contribution in [2.75, 3.05) is 19.0 Å². The van der Waals surface area contributed by atoms with E-state index in [1.165, 1.54) is 13.2 Å². The molecule has 6 heteroatoms. The molecule has 0 fully saturated rings. The van der Waals surface area contributed by atoms with Crippen molar-refractivity contribution in [1.29, 1.82) is 0 Å². The molecular formula is C27H35NO5. The lowest BCUT2D eigenvalue weighted by Gasteiger charge is -2.24. The van der Waals surface area contributed by atoms with Gasteiger partial charge in [-0.25, -0.2) is 4.79 Å². The SMILES string of the molecule is CCC(=CC(=O)O)c1ccc(NC(=O)C(C)(C)CCCOc2cc(C)ccc2C)cc1OC. The highest BCUT2D eigenvalue weighted by molar-refractivity contribution is 5.96. The molecule has 0 spiro atoms. The molecule has 33 heavy (non-hydrogen) atoms. The van der Waals surface area contributed by atoms with Gasteiger partial charge in [0.2, 0.25) is 5.91 Å². The van der Waals surface area contributed by atoms with Crippen molar-refractivity contribution < 1.29 is 24.2 Å². The van der Waals surface area contributed by atoms with Gasteiger partial charge in [-0.05, 0) is 68.0 Å². The second-order valence-electron chi connectivity index (χ2n) is 8.84. The predicted molar refractivity (Wildman–Crippen MR) is 132 cm³/mol. The van der Waals surface area contributed by atoms with Crippen molar-refractivity contribution >= 4 is 23.1 Å². The average molecular weight is 454 g/mol. The first-order valence-corrected chi connectivity index (χ1v) is 11.2. The molecule has 0 aliphatic carbocycles. The zero-order valence-electron chi connectivity index (χ0n) is 20.5. The first kappa shape index (κ1) is 26.0. The molecule has 1 amide bonds. The van der Waals surface area contributed by atoms with E-state index in [2.05, 4.69) is 11.4 Å². The maximum atomic E-state index is 12.9. The molecule has 2 aromatic rings. The molecule has 6 nitrogen and oxygen atoms in total. The van der Waals surface area contributed by atoms with Crippen LogP contribution in [0.1, 0.15) is 56.7 Å².